The van der Waals surface area contributed by atoms with Crippen LogP contribution < -0.4 is 0 Å². The Hall–Kier alpha value is -7.03. The van der Waals surface area contributed by atoms with Crippen LogP contribution in [0.2, 0.25) is 0 Å². The van der Waals surface area contributed by atoms with Gasteiger partial charge in [0.05, 0.1) is 22.0 Å². The third-order valence-electron chi connectivity index (χ3n) is 10.3. The van der Waals surface area contributed by atoms with Crippen LogP contribution in [-0.4, -0.2) is 9.55 Å². The van der Waals surface area contributed by atoms with Crippen LogP contribution in [0.15, 0.2) is 200 Å². The zero-order valence-electron chi connectivity index (χ0n) is 38.0. The van der Waals surface area contributed by atoms with Crippen LogP contribution in [0.4, 0.5) is 0 Å². The second kappa shape index (κ2) is 13.7. The van der Waals surface area contributed by atoms with Crippen molar-refractivity contribution in [1.29, 1.82) is 0 Å². The molecule has 0 saturated heterocycles. The SMILES string of the molecule is [2H]c1c([2H])c([2H])c2c(-c3cc(-c4ccccc4)cc(-c4ccccc4)c3)c3c([2H])c([2H])c([2H])c([2H])c3c(-c3cccc(-c4cccc(-n5c(CC)nc6ccccc65)c4)c3)c2c1[2H]. The van der Waals surface area contributed by atoms with Gasteiger partial charge in [0.15, 0.2) is 0 Å². The van der Waals surface area contributed by atoms with E-state index in [9.17, 15) is 5.48 Å². The van der Waals surface area contributed by atoms with Crippen molar-refractivity contribution >= 4 is 32.6 Å². The molecule has 0 N–H and O–H groups in total. The number of imidazole rings is 1. The van der Waals surface area contributed by atoms with E-state index in [4.69, 9.17) is 10.5 Å². The lowest BCUT2D eigenvalue weighted by molar-refractivity contribution is 0.908. The predicted octanol–water partition coefficient (Wildman–Crippen LogP) is 14.2. The summed E-state index contributed by atoms with van der Waals surface area (Å²) in [6.45, 7) is 2.08. The molecule has 260 valence electrons. The summed E-state index contributed by atoms with van der Waals surface area (Å²) in [7, 11) is 0. The minimum absolute atomic E-state index is 0.170. The molecule has 2 nitrogen and oxygen atoms in total. The molecule has 0 bridgehead atoms. The van der Waals surface area contributed by atoms with Crippen molar-refractivity contribution in [2.45, 2.75) is 13.3 Å². The smallest absolute Gasteiger partial charge is 0.114 e. The van der Waals surface area contributed by atoms with Gasteiger partial charge in [-0.2, -0.15) is 0 Å². The highest BCUT2D eigenvalue weighted by atomic mass is 15.1. The fourth-order valence-electron chi connectivity index (χ4n) is 7.85. The van der Waals surface area contributed by atoms with E-state index in [-0.39, 0.29) is 45.7 Å². The summed E-state index contributed by atoms with van der Waals surface area (Å²) in [5.41, 5.74) is 9.73. The van der Waals surface area contributed by atoms with Crippen LogP contribution >= 0.6 is 0 Å². The number of hydrogen-bond acceptors (Lipinski definition) is 1. The van der Waals surface area contributed by atoms with Gasteiger partial charge in [0.1, 0.15) is 5.82 Å². The number of aromatic nitrogens is 2. The van der Waals surface area contributed by atoms with Crippen molar-refractivity contribution in [3.63, 3.8) is 0 Å². The molecule has 2 heteroatoms. The summed E-state index contributed by atoms with van der Waals surface area (Å²) >= 11 is 0. The van der Waals surface area contributed by atoms with Crippen LogP contribution in [-0.2, 0) is 6.42 Å². The first-order chi connectivity index (χ1) is 30.5. The van der Waals surface area contributed by atoms with Gasteiger partial charge in [-0.15, -0.1) is 0 Å². The van der Waals surface area contributed by atoms with E-state index in [1.165, 1.54) is 0 Å². The topological polar surface area (TPSA) is 17.8 Å². The summed E-state index contributed by atoms with van der Waals surface area (Å²) in [5.74, 6) is 0.925. The molecule has 0 fully saturated rings. The fourth-order valence-corrected chi connectivity index (χ4v) is 7.85. The lowest BCUT2D eigenvalue weighted by Gasteiger charge is -2.19. The number of hydrogen-bond donors (Lipinski definition) is 0. The molecule has 10 aromatic rings. The zero-order chi connectivity index (χ0) is 43.7. The number of para-hydroxylation sites is 2. The van der Waals surface area contributed by atoms with Gasteiger partial charge in [-0.1, -0.05) is 158 Å². The number of benzene rings is 9. The highest BCUT2D eigenvalue weighted by Crippen LogP contribution is 2.46. The number of fused-ring (bicyclic) bond motifs is 3. The number of nitrogens with zero attached hydrogens (tertiary/aromatic N) is 2. The molecule has 55 heavy (non-hydrogen) atoms. The summed E-state index contributed by atoms with van der Waals surface area (Å²) in [6, 6.07) is 46.4. The molecule has 0 saturated carbocycles. The van der Waals surface area contributed by atoms with Crippen molar-refractivity contribution < 1.29 is 11.0 Å². The van der Waals surface area contributed by atoms with Crippen LogP contribution in [0.5, 0.6) is 0 Å². The Bertz CT molecular complexity index is 3330. The third-order valence-corrected chi connectivity index (χ3v) is 10.3. The highest BCUT2D eigenvalue weighted by Gasteiger charge is 2.19. The van der Waals surface area contributed by atoms with E-state index in [1.54, 1.807) is 0 Å². The predicted molar refractivity (Wildman–Crippen MR) is 233 cm³/mol. The van der Waals surface area contributed by atoms with Crippen molar-refractivity contribution in [3.05, 3.63) is 206 Å². The summed E-state index contributed by atoms with van der Waals surface area (Å²) in [4.78, 5) is 4.89. The molecule has 0 aliphatic rings. The summed E-state index contributed by atoms with van der Waals surface area (Å²) in [6.07, 6.45) is 0.728. The second-order valence-corrected chi connectivity index (χ2v) is 13.6. The number of aryl methyl sites for hydroxylation is 1. The fraction of sp³-hybridized carbons (Fsp3) is 0.0377. The molecule has 0 aliphatic heterocycles. The van der Waals surface area contributed by atoms with Crippen molar-refractivity contribution in [2.24, 2.45) is 0 Å². The molecule has 1 heterocycles. The van der Waals surface area contributed by atoms with Crippen LogP contribution in [0, 0.1) is 0 Å². The zero-order valence-corrected chi connectivity index (χ0v) is 30.0. The Balaban J connectivity index is 1.30. The Morgan fingerprint density at radius 3 is 1.49 bits per heavy atom. The first-order valence-electron chi connectivity index (χ1n) is 22.5. The molecule has 9 aromatic carbocycles. The lowest BCUT2D eigenvalue weighted by atomic mass is 9.84. The highest BCUT2D eigenvalue weighted by molar-refractivity contribution is 6.21. The van der Waals surface area contributed by atoms with E-state index >= 15 is 0 Å². The van der Waals surface area contributed by atoms with E-state index in [1.807, 2.05) is 133 Å². The molecule has 0 atom stereocenters. The number of rotatable bonds is 7. The van der Waals surface area contributed by atoms with Gasteiger partial charge < -0.3 is 0 Å². The van der Waals surface area contributed by atoms with Gasteiger partial charge in [-0.25, -0.2) is 4.98 Å². The van der Waals surface area contributed by atoms with Gasteiger partial charge in [-0.05, 0) is 126 Å². The van der Waals surface area contributed by atoms with Crippen LogP contribution in [0.3, 0.4) is 0 Å². The Kier molecular flexibility index (Phi) is 6.27. The van der Waals surface area contributed by atoms with E-state index in [0.717, 1.165) is 62.3 Å². The van der Waals surface area contributed by atoms with E-state index < -0.39 is 24.2 Å². The minimum Gasteiger partial charge on any atom is -0.296 e. The molecule has 0 amide bonds. The monoisotopic (exact) mass is 710 g/mol. The van der Waals surface area contributed by atoms with Gasteiger partial charge >= 0.3 is 0 Å². The first-order valence-corrected chi connectivity index (χ1v) is 18.5. The quantitative estimate of drug-likeness (QED) is 0.151. The summed E-state index contributed by atoms with van der Waals surface area (Å²) < 4.78 is 76.4. The lowest BCUT2D eigenvalue weighted by Crippen LogP contribution is -2.00. The molecule has 0 radical (unpaired) electrons. The molecule has 0 unspecified atom stereocenters. The van der Waals surface area contributed by atoms with Crippen LogP contribution in [0.25, 0.3) is 93.9 Å². The largest absolute Gasteiger partial charge is 0.296 e. The Morgan fingerprint density at radius 2 is 0.891 bits per heavy atom. The molecular weight excluding hydrogens is 665 g/mol. The van der Waals surface area contributed by atoms with Gasteiger partial charge in [0, 0.05) is 12.1 Å². The molecule has 10 rings (SSSR count). The molecule has 1 aromatic heterocycles. The summed E-state index contributed by atoms with van der Waals surface area (Å²) in [5, 5.41) is 0.681. The average Bonchev–Trinajstić information content (AvgIpc) is 3.72. The van der Waals surface area contributed by atoms with E-state index in [0.29, 0.717) is 22.3 Å². The maximum Gasteiger partial charge on any atom is 0.114 e. The second-order valence-electron chi connectivity index (χ2n) is 13.6. The van der Waals surface area contributed by atoms with Gasteiger partial charge in [0.25, 0.3) is 0 Å². The molecular formula is C53H38N2. The first kappa shape index (κ1) is 25.1. The van der Waals surface area contributed by atoms with Gasteiger partial charge in [-0.3, -0.25) is 4.57 Å². The van der Waals surface area contributed by atoms with Crippen LogP contribution in [0.1, 0.15) is 23.7 Å². The van der Waals surface area contributed by atoms with Crippen molar-refractivity contribution in [2.75, 3.05) is 0 Å². The third kappa shape index (κ3) is 5.80. The minimum atomic E-state index is -0.439. The van der Waals surface area contributed by atoms with Gasteiger partial charge in [0.2, 0.25) is 0 Å². The maximum atomic E-state index is 9.57. The molecule has 0 spiro atoms. The van der Waals surface area contributed by atoms with Crippen molar-refractivity contribution in [1.82, 2.24) is 9.55 Å². The molecule has 0 aliphatic carbocycles. The van der Waals surface area contributed by atoms with Crippen molar-refractivity contribution in [3.8, 4) is 61.3 Å². The van der Waals surface area contributed by atoms with E-state index in [2.05, 4.69) is 29.7 Å². The average molecular weight is 711 g/mol. The normalized spacial score (nSPS) is 13.5. The maximum absolute atomic E-state index is 9.57. The Labute approximate surface area is 332 Å². The standard InChI is InChI=1S/C53H38N2/c1-2-51-54-49-29-13-14-30-50(49)55(51)44-24-16-22-39(35-44)38-21-15-23-40(31-38)52-45-25-9-11-27-47(45)53(48-28-12-10-26-46(48)52)43-33-41(36-17-5-3-6-18-36)32-42(34-43)37-19-7-4-8-20-37/h3-35H,2H2,1H3/i9D,10D,11D,12D,25D,26D,27D,28D. The Morgan fingerprint density at radius 1 is 0.436 bits per heavy atom.